The van der Waals surface area contributed by atoms with Gasteiger partial charge in [0.1, 0.15) is 30.0 Å². The third kappa shape index (κ3) is 7.58. The van der Waals surface area contributed by atoms with Gasteiger partial charge in [-0.3, -0.25) is 0 Å². The molecule has 1 unspecified atom stereocenters. The van der Waals surface area contributed by atoms with E-state index in [1.165, 1.54) is 12.0 Å². The fourth-order valence-corrected chi connectivity index (χ4v) is 4.22. The molecule has 0 aliphatic rings. The number of ether oxygens (including phenoxy) is 4. The molecule has 0 saturated carbocycles. The molecule has 2 aromatic carbocycles. The Balaban J connectivity index is 1.53. The summed E-state index contributed by atoms with van der Waals surface area (Å²) in [6, 6.07) is 16.7. The average molecular weight is 498 g/mol. The minimum absolute atomic E-state index is 0.125. The number of hydrogen-bond acceptors (Lipinski definition) is 8. The van der Waals surface area contributed by atoms with E-state index in [1.54, 1.807) is 49.8 Å². The van der Waals surface area contributed by atoms with Crippen molar-refractivity contribution in [3.05, 3.63) is 75.5 Å². The normalized spacial score (nSPS) is 12.2. The molecule has 1 heterocycles. The first kappa shape index (κ1) is 26.3. The van der Waals surface area contributed by atoms with Crippen LogP contribution in [-0.4, -0.2) is 51.7 Å². The summed E-state index contributed by atoms with van der Waals surface area (Å²) in [7, 11) is 4.59. The van der Waals surface area contributed by atoms with Crippen LogP contribution in [-0.2, 0) is 16.1 Å². The van der Waals surface area contributed by atoms with Crippen LogP contribution in [0.25, 0.3) is 11.6 Å². The van der Waals surface area contributed by atoms with E-state index < -0.39 is 12.1 Å². The molecule has 2 N–H and O–H groups in total. The number of thiophene rings is 1. The number of aliphatic hydroxyl groups excluding tert-OH is 1. The Morgan fingerprint density at radius 1 is 1.03 bits per heavy atom. The van der Waals surface area contributed by atoms with Crippen LogP contribution in [0, 0.1) is 6.92 Å². The van der Waals surface area contributed by atoms with Gasteiger partial charge >= 0.3 is 5.97 Å². The Bertz CT molecular complexity index is 1140. The Kier molecular flexibility index (Phi) is 9.72. The maximum atomic E-state index is 12.3. The highest BCUT2D eigenvalue weighted by molar-refractivity contribution is 7.12. The summed E-state index contributed by atoms with van der Waals surface area (Å²) in [5.41, 5.74) is 2.16. The molecular formula is C27H31NO6S. The zero-order chi connectivity index (χ0) is 25.2. The van der Waals surface area contributed by atoms with Crippen molar-refractivity contribution in [2.24, 2.45) is 0 Å². The SMILES string of the molecule is COC(=O)/C(=C/c1ccc(C)s1)c1ccc(OCC(O)CNCc2ccc(OC)cc2OC)cc1. The first-order valence-corrected chi connectivity index (χ1v) is 11.9. The molecule has 0 radical (unpaired) electrons. The number of carbonyl (C=O) groups is 1. The van der Waals surface area contributed by atoms with Gasteiger partial charge in [0.05, 0.1) is 26.9 Å². The van der Waals surface area contributed by atoms with Crippen molar-refractivity contribution >= 4 is 29.0 Å². The largest absolute Gasteiger partial charge is 0.497 e. The van der Waals surface area contributed by atoms with Crippen molar-refractivity contribution in [1.29, 1.82) is 0 Å². The zero-order valence-corrected chi connectivity index (χ0v) is 21.2. The van der Waals surface area contributed by atoms with Crippen LogP contribution < -0.4 is 19.5 Å². The van der Waals surface area contributed by atoms with E-state index in [-0.39, 0.29) is 6.61 Å². The standard InChI is InChI=1S/C27H31NO6S/c1-18-5-12-24(35-18)14-25(27(30)33-4)19-6-9-22(10-7-19)34-17-21(29)16-28-15-20-8-11-23(31-2)13-26(20)32-3/h5-14,21,28-29H,15-17H2,1-4H3/b25-14+. The molecule has 0 amide bonds. The molecule has 0 saturated heterocycles. The number of aliphatic hydroxyl groups is 1. The molecule has 0 aliphatic carbocycles. The lowest BCUT2D eigenvalue weighted by Crippen LogP contribution is -2.31. The smallest absolute Gasteiger partial charge is 0.338 e. The van der Waals surface area contributed by atoms with Gasteiger partial charge < -0.3 is 29.4 Å². The Morgan fingerprint density at radius 3 is 2.40 bits per heavy atom. The molecule has 0 bridgehead atoms. The van der Waals surface area contributed by atoms with E-state index >= 15 is 0 Å². The Hall–Kier alpha value is -3.33. The van der Waals surface area contributed by atoms with Crippen LogP contribution in [0.5, 0.6) is 17.2 Å². The molecule has 3 rings (SSSR count). The van der Waals surface area contributed by atoms with E-state index in [4.69, 9.17) is 18.9 Å². The van der Waals surface area contributed by atoms with Crippen molar-refractivity contribution < 1.29 is 28.8 Å². The highest BCUT2D eigenvalue weighted by atomic mass is 32.1. The van der Waals surface area contributed by atoms with Crippen LogP contribution in [0.1, 0.15) is 20.9 Å². The van der Waals surface area contributed by atoms with Gasteiger partial charge in [0, 0.05) is 34.5 Å². The molecule has 0 spiro atoms. The van der Waals surface area contributed by atoms with Gasteiger partial charge in [-0.2, -0.15) is 0 Å². The van der Waals surface area contributed by atoms with Crippen LogP contribution >= 0.6 is 11.3 Å². The number of aryl methyl sites for hydroxylation is 1. The minimum atomic E-state index is -0.702. The number of carbonyl (C=O) groups excluding carboxylic acids is 1. The van der Waals surface area contributed by atoms with Crippen LogP contribution in [0.2, 0.25) is 0 Å². The summed E-state index contributed by atoms with van der Waals surface area (Å²) in [5, 5.41) is 13.5. The summed E-state index contributed by atoms with van der Waals surface area (Å²) < 4.78 is 21.3. The molecule has 1 aromatic heterocycles. The summed E-state index contributed by atoms with van der Waals surface area (Å²) in [4.78, 5) is 14.5. The third-order valence-electron chi connectivity index (χ3n) is 5.25. The molecule has 8 heteroatoms. The number of rotatable bonds is 12. The molecule has 0 fully saturated rings. The van der Waals surface area contributed by atoms with Crippen molar-refractivity contribution in [3.8, 4) is 17.2 Å². The van der Waals surface area contributed by atoms with Gasteiger partial charge in [-0.05, 0) is 48.9 Å². The van der Waals surface area contributed by atoms with Crippen molar-refractivity contribution in [2.45, 2.75) is 19.6 Å². The first-order chi connectivity index (χ1) is 16.9. The fraction of sp³-hybridized carbons (Fsp3) is 0.296. The second-order valence-corrected chi connectivity index (χ2v) is 9.12. The van der Waals surface area contributed by atoms with E-state index in [1.807, 2.05) is 43.3 Å². The van der Waals surface area contributed by atoms with E-state index in [9.17, 15) is 9.90 Å². The predicted octanol–water partition coefficient (Wildman–Crippen LogP) is 4.32. The third-order valence-corrected chi connectivity index (χ3v) is 6.20. The maximum Gasteiger partial charge on any atom is 0.338 e. The number of benzene rings is 2. The summed E-state index contributed by atoms with van der Waals surface area (Å²) in [5.74, 6) is 1.64. The van der Waals surface area contributed by atoms with Gasteiger partial charge in [0.2, 0.25) is 0 Å². The van der Waals surface area contributed by atoms with Crippen LogP contribution in [0.3, 0.4) is 0 Å². The fourth-order valence-electron chi connectivity index (χ4n) is 3.40. The average Bonchev–Trinajstić information content (AvgIpc) is 3.30. The second kappa shape index (κ2) is 12.9. The van der Waals surface area contributed by atoms with Gasteiger partial charge in [-0.25, -0.2) is 4.79 Å². The summed E-state index contributed by atoms with van der Waals surface area (Å²) in [6.07, 6.45) is 1.12. The number of methoxy groups -OCH3 is 3. The zero-order valence-electron chi connectivity index (χ0n) is 20.4. The number of esters is 1. The highest BCUT2D eigenvalue weighted by Crippen LogP contribution is 2.26. The van der Waals surface area contributed by atoms with Gasteiger partial charge in [0.25, 0.3) is 0 Å². The van der Waals surface area contributed by atoms with Gasteiger partial charge in [-0.1, -0.05) is 18.2 Å². The molecule has 1 atom stereocenters. The Labute approximate surface area is 209 Å². The van der Waals surface area contributed by atoms with Gasteiger partial charge in [0.15, 0.2) is 0 Å². The Morgan fingerprint density at radius 2 is 1.77 bits per heavy atom. The monoisotopic (exact) mass is 497 g/mol. The van der Waals surface area contributed by atoms with E-state index in [0.29, 0.717) is 24.4 Å². The molecule has 35 heavy (non-hydrogen) atoms. The second-order valence-electron chi connectivity index (χ2n) is 7.80. The van der Waals surface area contributed by atoms with E-state index in [2.05, 4.69) is 5.32 Å². The first-order valence-electron chi connectivity index (χ1n) is 11.1. The molecule has 7 nitrogen and oxygen atoms in total. The maximum absolute atomic E-state index is 12.3. The topological polar surface area (TPSA) is 86.3 Å². The summed E-state index contributed by atoms with van der Waals surface area (Å²) in [6.45, 7) is 3.03. The number of hydrogen-bond donors (Lipinski definition) is 2. The van der Waals surface area contributed by atoms with Crippen molar-refractivity contribution in [1.82, 2.24) is 5.32 Å². The van der Waals surface area contributed by atoms with Crippen molar-refractivity contribution in [2.75, 3.05) is 34.5 Å². The van der Waals surface area contributed by atoms with Crippen LogP contribution in [0.4, 0.5) is 0 Å². The molecule has 186 valence electrons. The quantitative estimate of drug-likeness (QED) is 0.285. The lowest BCUT2D eigenvalue weighted by atomic mass is 10.1. The van der Waals surface area contributed by atoms with Crippen molar-refractivity contribution in [3.63, 3.8) is 0 Å². The lowest BCUT2D eigenvalue weighted by molar-refractivity contribution is -0.133. The predicted molar refractivity (Wildman–Crippen MR) is 138 cm³/mol. The van der Waals surface area contributed by atoms with Gasteiger partial charge in [-0.15, -0.1) is 11.3 Å². The summed E-state index contributed by atoms with van der Waals surface area (Å²) >= 11 is 1.61. The highest BCUT2D eigenvalue weighted by Gasteiger charge is 2.14. The molecule has 0 aliphatic heterocycles. The lowest BCUT2D eigenvalue weighted by Gasteiger charge is -2.15. The molecular weight excluding hydrogens is 466 g/mol. The molecule has 3 aromatic rings. The minimum Gasteiger partial charge on any atom is -0.497 e. The van der Waals surface area contributed by atoms with Crippen LogP contribution in [0.15, 0.2) is 54.6 Å². The van der Waals surface area contributed by atoms with E-state index in [0.717, 1.165) is 27.5 Å². The number of nitrogens with one attached hydrogen (secondary N) is 1.